The fraction of sp³-hybridized carbons (Fsp3) is 0.0625. The maximum Gasteiger partial charge on any atom is 0.195 e. The molecule has 3 aromatic rings. The average Bonchev–Trinajstić information content (AvgIpc) is 2.86. The number of aromatic amines is 1. The van der Waals surface area contributed by atoms with E-state index in [4.69, 9.17) is 23.2 Å². The summed E-state index contributed by atoms with van der Waals surface area (Å²) in [6.07, 6.45) is 1.69. The molecule has 0 bridgehead atoms. The normalized spacial score (nSPS) is 10.9. The van der Waals surface area contributed by atoms with Crippen LogP contribution in [0.5, 0.6) is 0 Å². The van der Waals surface area contributed by atoms with Crippen LogP contribution in [0.25, 0.3) is 10.9 Å². The van der Waals surface area contributed by atoms with Gasteiger partial charge in [0.15, 0.2) is 5.78 Å². The molecule has 0 spiro atoms. The van der Waals surface area contributed by atoms with Crippen molar-refractivity contribution in [2.24, 2.45) is 0 Å². The van der Waals surface area contributed by atoms with E-state index in [1.165, 1.54) is 0 Å². The van der Waals surface area contributed by atoms with Crippen LogP contribution in [0.1, 0.15) is 21.5 Å². The predicted octanol–water partition coefficient (Wildman–Crippen LogP) is 5.01. The summed E-state index contributed by atoms with van der Waals surface area (Å²) >= 11 is 12.2. The lowest BCUT2D eigenvalue weighted by atomic mass is 9.99. The van der Waals surface area contributed by atoms with E-state index in [-0.39, 0.29) is 5.78 Å². The number of fused-ring (bicyclic) bond motifs is 1. The molecule has 0 atom stereocenters. The van der Waals surface area contributed by atoms with Crippen LogP contribution in [-0.2, 0) is 0 Å². The van der Waals surface area contributed by atoms with Crippen molar-refractivity contribution in [2.75, 3.05) is 0 Å². The van der Waals surface area contributed by atoms with Gasteiger partial charge in [0.1, 0.15) is 0 Å². The number of nitrogens with one attached hydrogen (secondary N) is 1. The molecule has 0 saturated heterocycles. The molecule has 1 heterocycles. The molecule has 1 aromatic heterocycles. The highest BCUT2D eigenvalue weighted by Gasteiger charge is 2.17. The van der Waals surface area contributed by atoms with Gasteiger partial charge in [0, 0.05) is 27.7 Å². The van der Waals surface area contributed by atoms with E-state index < -0.39 is 0 Å². The Labute approximate surface area is 126 Å². The summed E-state index contributed by atoms with van der Waals surface area (Å²) in [6, 6.07) is 10.8. The molecule has 2 aromatic carbocycles. The van der Waals surface area contributed by atoms with E-state index in [9.17, 15) is 4.79 Å². The monoisotopic (exact) mass is 303 g/mol. The first-order chi connectivity index (χ1) is 9.59. The van der Waals surface area contributed by atoms with Gasteiger partial charge in [-0.3, -0.25) is 4.79 Å². The Morgan fingerprint density at radius 3 is 2.50 bits per heavy atom. The number of hydrogen-bond acceptors (Lipinski definition) is 1. The number of aromatic nitrogens is 1. The number of para-hydroxylation sites is 1. The molecule has 4 heteroatoms. The largest absolute Gasteiger partial charge is 0.359 e. The standard InChI is InChI=1S/C16H11Cl2NO/c1-9-10(4-2-6-13(9)17)16(20)12-8-19-15-11(12)5-3-7-14(15)18/h2-8,19H,1H3. The minimum Gasteiger partial charge on any atom is -0.359 e. The molecule has 20 heavy (non-hydrogen) atoms. The van der Waals surface area contributed by atoms with Gasteiger partial charge in [-0.1, -0.05) is 47.5 Å². The Morgan fingerprint density at radius 1 is 1.00 bits per heavy atom. The number of hydrogen-bond donors (Lipinski definition) is 1. The summed E-state index contributed by atoms with van der Waals surface area (Å²) < 4.78 is 0. The molecule has 0 aliphatic rings. The van der Waals surface area contributed by atoms with Crippen molar-refractivity contribution >= 4 is 39.9 Å². The molecule has 2 nitrogen and oxygen atoms in total. The van der Waals surface area contributed by atoms with Gasteiger partial charge in [-0.05, 0) is 24.6 Å². The summed E-state index contributed by atoms with van der Waals surface area (Å²) in [7, 11) is 0. The number of H-pyrrole nitrogens is 1. The lowest BCUT2D eigenvalue weighted by Crippen LogP contribution is -2.03. The number of halogens is 2. The molecule has 0 radical (unpaired) electrons. The summed E-state index contributed by atoms with van der Waals surface area (Å²) in [5.41, 5.74) is 2.78. The van der Waals surface area contributed by atoms with E-state index in [1.807, 2.05) is 19.1 Å². The first kappa shape index (κ1) is 13.2. The SMILES string of the molecule is Cc1c(Cl)cccc1C(=O)c1c[nH]c2c(Cl)cccc12. The Bertz CT molecular complexity index is 820. The van der Waals surface area contributed by atoms with Crippen molar-refractivity contribution in [3.63, 3.8) is 0 Å². The van der Waals surface area contributed by atoms with Crippen molar-refractivity contribution in [3.05, 3.63) is 69.3 Å². The average molecular weight is 304 g/mol. The third kappa shape index (κ3) is 2.01. The Balaban J connectivity index is 2.18. The highest BCUT2D eigenvalue weighted by Crippen LogP contribution is 2.28. The van der Waals surface area contributed by atoms with Crippen molar-refractivity contribution in [1.82, 2.24) is 4.98 Å². The van der Waals surface area contributed by atoms with Gasteiger partial charge in [-0.2, -0.15) is 0 Å². The van der Waals surface area contributed by atoms with Gasteiger partial charge in [-0.25, -0.2) is 0 Å². The zero-order valence-electron chi connectivity index (χ0n) is 10.7. The second-order valence-electron chi connectivity index (χ2n) is 4.61. The summed E-state index contributed by atoms with van der Waals surface area (Å²) in [6.45, 7) is 1.84. The highest BCUT2D eigenvalue weighted by atomic mass is 35.5. The van der Waals surface area contributed by atoms with Crippen molar-refractivity contribution in [2.45, 2.75) is 6.92 Å². The van der Waals surface area contributed by atoms with Crippen LogP contribution in [-0.4, -0.2) is 10.8 Å². The maximum absolute atomic E-state index is 12.7. The maximum atomic E-state index is 12.7. The van der Waals surface area contributed by atoms with Crippen LogP contribution < -0.4 is 0 Å². The van der Waals surface area contributed by atoms with E-state index in [0.29, 0.717) is 21.2 Å². The predicted molar refractivity (Wildman–Crippen MR) is 82.9 cm³/mol. The zero-order valence-corrected chi connectivity index (χ0v) is 12.2. The van der Waals surface area contributed by atoms with Gasteiger partial charge >= 0.3 is 0 Å². The minimum atomic E-state index is -0.0569. The molecule has 1 N–H and O–H groups in total. The number of carbonyl (C=O) groups excluding carboxylic acids is 1. The Morgan fingerprint density at radius 2 is 1.70 bits per heavy atom. The third-order valence-corrected chi connectivity index (χ3v) is 4.15. The van der Waals surface area contributed by atoms with Crippen LogP contribution in [0.4, 0.5) is 0 Å². The third-order valence-electron chi connectivity index (χ3n) is 3.42. The van der Waals surface area contributed by atoms with Gasteiger partial charge in [0.25, 0.3) is 0 Å². The topological polar surface area (TPSA) is 32.9 Å². The number of rotatable bonds is 2. The fourth-order valence-electron chi connectivity index (χ4n) is 2.30. The van der Waals surface area contributed by atoms with Gasteiger partial charge < -0.3 is 4.98 Å². The molecular weight excluding hydrogens is 293 g/mol. The first-order valence-electron chi connectivity index (χ1n) is 6.15. The van der Waals surface area contributed by atoms with E-state index in [1.54, 1.807) is 30.5 Å². The molecule has 0 aliphatic heterocycles. The second-order valence-corrected chi connectivity index (χ2v) is 5.42. The van der Waals surface area contributed by atoms with Crippen LogP contribution in [0.15, 0.2) is 42.6 Å². The van der Waals surface area contributed by atoms with Gasteiger partial charge in [0.05, 0.1) is 10.5 Å². The van der Waals surface area contributed by atoms with Crippen LogP contribution in [0.2, 0.25) is 10.0 Å². The second kappa shape index (κ2) is 4.97. The zero-order chi connectivity index (χ0) is 14.3. The molecule has 3 rings (SSSR count). The minimum absolute atomic E-state index is 0.0569. The summed E-state index contributed by atoms with van der Waals surface area (Å²) in [5, 5.41) is 2.01. The lowest BCUT2D eigenvalue weighted by Gasteiger charge is -2.05. The molecular formula is C16H11Cl2NO. The summed E-state index contributed by atoms with van der Waals surface area (Å²) in [5.74, 6) is -0.0569. The van der Waals surface area contributed by atoms with Crippen LogP contribution in [0, 0.1) is 6.92 Å². The van der Waals surface area contributed by atoms with Crippen molar-refractivity contribution < 1.29 is 4.79 Å². The Kier molecular flexibility index (Phi) is 3.28. The van der Waals surface area contributed by atoms with Crippen molar-refractivity contribution in [3.8, 4) is 0 Å². The highest BCUT2D eigenvalue weighted by molar-refractivity contribution is 6.36. The number of benzene rings is 2. The van der Waals surface area contributed by atoms with Crippen LogP contribution in [0.3, 0.4) is 0 Å². The lowest BCUT2D eigenvalue weighted by molar-refractivity contribution is 0.104. The van der Waals surface area contributed by atoms with Crippen LogP contribution >= 0.6 is 23.2 Å². The molecule has 0 amide bonds. The van der Waals surface area contributed by atoms with E-state index in [0.717, 1.165) is 16.5 Å². The van der Waals surface area contributed by atoms with Gasteiger partial charge in [-0.15, -0.1) is 0 Å². The Hall–Kier alpha value is -1.77. The smallest absolute Gasteiger partial charge is 0.195 e. The molecule has 0 unspecified atom stereocenters. The summed E-state index contributed by atoms with van der Waals surface area (Å²) in [4.78, 5) is 15.7. The van der Waals surface area contributed by atoms with E-state index in [2.05, 4.69) is 4.98 Å². The molecule has 0 saturated carbocycles. The molecule has 0 fully saturated rings. The van der Waals surface area contributed by atoms with E-state index >= 15 is 0 Å². The van der Waals surface area contributed by atoms with Gasteiger partial charge in [0.2, 0.25) is 0 Å². The number of carbonyl (C=O) groups is 1. The molecule has 0 aliphatic carbocycles. The molecule has 100 valence electrons. The number of ketones is 1. The quantitative estimate of drug-likeness (QED) is 0.663. The fourth-order valence-corrected chi connectivity index (χ4v) is 2.71. The van der Waals surface area contributed by atoms with Crippen molar-refractivity contribution in [1.29, 1.82) is 0 Å². The first-order valence-corrected chi connectivity index (χ1v) is 6.90.